The summed E-state index contributed by atoms with van der Waals surface area (Å²) in [6, 6.07) is 3.93. The summed E-state index contributed by atoms with van der Waals surface area (Å²) in [7, 11) is -2.72. The maximum atomic E-state index is 12.3. The van der Waals surface area contributed by atoms with Gasteiger partial charge in [-0.25, -0.2) is 17.9 Å². The van der Waals surface area contributed by atoms with E-state index in [-0.39, 0.29) is 22.7 Å². The van der Waals surface area contributed by atoms with Gasteiger partial charge in [-0.05, 0) is 18.2 Å². The van der Waals surface area contributed by atoms with Crippen LogP contribution < -0.4 is 10.5 Å². The highest BCUT2D eigenvalue weighted by Gasteiger charge is 2.23. The van der Waals surface area contributed by atoms with Gasteiger partial charge in [0.1, 0.15) is 0 Å². The highest BCUT2D eigenvalue weighted by atomic mass is 32.2. The van der Waals surface area contributed by atoms with E-state index in [9.17, 15) is 13.2 Å². The third-order valence-electron chi connectivity index (χ3n) is 2.72. The summed E-state index contributed by atoms with van der Waals surface area (Å²) < 4.78 is 31.5. The largest absolute Gasteiger partial charge is 0.465 e. The van der Waals surface area contributed by atoms with Crippen molar-refractivity contribution in [2.24, 2.45) is 0 Å². The van der Waals surface area contributed by atoms with Crippen molar-refractivity contribution < 1.29 is 17.9 Å². The highest BCUT2D eigenvalue weighted by Crippen LogP contribution is 2.20. The number of carbonyl (C=O) groups excluding carboxylic acids is 1. The number of H-pyrrole nitrogens is 1. The fraction of sp³-hybridized carbons (Fsp3) is 0.167. The third-order valence-corrected chi connectivity index (χ3v) is 4.18. The number of nitrogen functional groups attached to an aromatic ring is 1. The molecule has 0 unspecified atom stereocenters. The molecule has 1 aromatic heterocycles. The molecule has 0 amide bonds. The molecule has 21 heavy (non-hydrogen) atoms. The smallest absolute Gasteiger partial charge is 0.339 e. The normalized spacial score (nSPS) is 11.3. The van der Waals surface area contributed by atoms with Gasteiger partial charge in [-0.2, -0.15) is 5.10 Å². The molecule has 0 fully saturated rings. The van der Waals surface area contributed by atoms with Crippen molar-refractivity contribution in [2.75, 3.05) is 12.8 Å². The number of aromatic nitrogens is 2. The number of carbonyl (C=O) groups is 1. The zero-order valence-corrected chi connectivity index (χ0v) is 12.0. The summed E-state index contributed by atoms with van der Waals surface area (Å²) in [5.74, 6) is -0.772. The fourth-order valence-corrected chi connectivity index (χ4v) is 2.87. The first kappa shape index (κ1) is 15.0. The first-order chi connectivity index (χ1) is 9.94. The number of methoxy groups -OCH3 is 1. The van der Waals surface area contributed by atoms with Crippen molar-refractivity contribution >= 4 is 21.7 Å². The molecule has 0 aliphatic rings. The minimum Gasteiger partial charge on any atom is -0.465 e. The van der Waals surface area contributed by atoms with Gasteiger partial charge in [-0.3, -0.25) is 5.10 Å². The Labute approximate surface area is 121 Å². The number of ether oxygens (including phenoxy) is 1. The first-order valence-corrected chi connectivity index (χ1v) is 7.37. The number of nitrogens with zero attached hydrogens (tertiary/aromatic N) is 1. The van der Waals surface area contributed by atoms with Crippen molar-refractivity contribution in [1.29, 1.82) is 0 Å². The predicted octanol–water partition coefficient (Wildman–Crippen LogP) is 0.257. The molecular formula is C12H14N4O4S. The van der Waals surface area contributed by atoms with Gasteiger partial charge in [-0.15, -0.1) is 0 Å². The zero-order valence-electron chi connectivity index (χ0n) is 11.2. The number of sulfonamides is 1. The van der Waals surface area contributed by atoms with E-state index in [2.05, 4.69) is 19.7 Å². The Hall–Kier alpha value is -2.39. The quantitative estimate of drug-likeness (QED) is 0.537. The molecule has 9 heteroatoms. The SMILES string of the molecule is COC(=O)c1cc(N)ccc1S(=O)(=O)NCc1cn[nH]c1. The average Bonchev–Trinajstić information content (AvgIpc) is 2.97. The van der Waals surface area contributed by atoms with E-state index in [1.807, 2.05) is 0 Å². The standard InChI is InChI=1S/C12H14N4O4S/c1-20-12(17)10-4-9(13)2-3-11(10)21(18,19)16-7-8-5-14-15-6-8/h2-6,16H,7,13H2,1H3,(H,14,15). The van der Waals surface area contributed by atoms with Gasteiger partial charge in [-0.1, -0.05) is 0 Å². The molecule has 2 aromatic rings. The lowest BCUT2D eigenvalue weighted by Gasteiger charge is -2.10. The molecule has 4 N–H and O–H groups in total. The third kappa shape index (κ3) is 3.38. The molecule has 0 radical (unpaired) electrons. The summed E-state index contributed by atoms with van der Waals surface area (Å²) in [6.45, 7) is 0.0455. The van der Waals surface area contributed by atoms with Gasteiger partial charge in [0, 0.05) is 24.0 Å². The Kier molecular flexibility index (Phi) is 4.24. The number of hydrogen-bond acceptors (Lipinski definition) is 6. The van der Waals surface area contributed by atoms with Gasteiger partial charge in [0.15, 0.2) is 0 Å². The summed E-state index contributed by atoms with van der Waals surface area (Å²) >= 11 is 0. The topological polar surface area (TPSA) is 127 Å². The van der Waals surface area contributed by atoms with Crippen LogP contribution in [0.25, 0.3) is 0 Å². The van der Waals surface area contributed by atoms with Crippen LogP contribution in [-0.2, 0) is 21.3 Å². The van der Waals surface area contributed by atoms with Crippen LogP contribution in [0.15, 0.2) is 35.5 Å². The Bertz CT molecular complexity index is 741. The number of nitrogens with one attached hydrogen (secondary N) is 2. The average molecular weight is 310 g/mol. The van der Waals surface area contributed by atoms with E-state index >= 15 is 0 Å². The highest BCUT2D eigenvalue weighted by molar-refractivity contribution is 7.89. The zero-order chi connectivity index (χ0) is 15.5. The van der Waals surface area contributed by atoms with Crippen LogP contribution in [0, 0.1) is 0 Å². The maximum absolute atomic E-state index is 12.3. The summed E-state index contributed by atoms with van der Waals surface area (Å²) in [5, 5.41) is 6.29. The van der Waals surface area contributed by atoms with E-state index in [1.165, 1.54) is 31.5 Å². The lowest BCUT2D eigenvalue weighted by Crippen LogP contribution is -2.25. The van der Waals surface area contributed by atoms with Gasteiger partial charge in [0.05, 0.1) is 23.8 Å². The Balaban J connectivity index is 2.33. The van der Waals surface area contributed by atoms with Crippen molar-refractivity contribution in [3.8, 4) is 0 Å². The second-order valence-electron chi connectivity index (χ2n) is 4.18. The second kappa shape index (κ2) is 5.94. The summed E-state index contributed by atoms with van der Waals surface area (Å²) in [5.41, 5.74) is 6.39. The van der Waals surface area contributed by atoms with E-state index in [4.69, 9.17) is 5.73 Å². The Morgan fingerprint density at radius 1 is 1.48 bits per heavy atom. The number of esters is 1. The van der Waals surface area contributed by atoms with Crippen molar-refractivity contribution in [1.82, 2.24) is 14.9 Å². The van der Waals surface area contributed by atoms with Crippen LogP contribution in [0.4, 0.5) is 5.69 Å². The van der Waals surface area contributed by atoms with Crippen LogP contribution in [-0.4, -0.2) is 31.7 Å². The fourth-order valence-electron chi connectivity index (χ4n) is 1.68. The van der Waals surface area contributed by atoms with E-state index in [0.29, 0.717) is 5.56 Å². The molecule has 8 nitrogen and oxygen atoms in total. The minimum absolute atomic E-state index is 0.0455. The van der Waals surface area contributed by atoms with E-state index < -0.39 is 16.0 Å². The van der Waals surface area contributed by atoms with Crippen molar-refractivity contribution in [3.63, 3.8) is 0 Å². The molecule has 0 atom stereocenters. The second-order valence-corrected chi connectivity index (χ2v) is 5.91. The van der Waals surface area contributed by atoms with Crippen LogP contribution in [0.5, 0.6) is 0 Å². The molecule has 0 aliphatic heterocycles. The molecule has 0 spiro atoms. The lowest BCUT2D eigenvalue weighted by atomic mass is 10.2. The van der Waals surface area contributed by atoms with Crippen LogP contribution >= 0.6 is 0 Å². The maximum Gasteiger partial charge on any atom is 0.339 e. The number of anilines is 1. The molecular weight excluding hydrogens is 296 g/mol. The number of nitrogens with two attached hydrogens (primary N) is 1. The van der Waals surface area contributed by atoms with Gasteiger partial charge in [0.2, 0.25) is 10.0 Å². The molecule has 1 heterocycles. The molecule has 2 rings (SSSR count). The van der Waals surface area contributed by atoms with Crippen LogP contribution in [0.3, 0.4) is 0 Å². The summed E-state index contributed by atoms with van der Waals surface area (Å²) in [6.07, 6.45) is 3.05. The van der Waals surface area contributed by atoms with Crippen molar-refractivity contribution in [3.05, 3.63) is 41.7 Å². The number of aromatic amines is 1. The summed E-state index contributed by atoms with van der Waals surface area (Å²) in [4.78, 5) is 11.5. The predicted molar refractivity (Wildman–Crippen MR) is 74.8 cm³/mol. The molecule has 0 bridgehead atoms. The van der Waals surface area contributed by atoms with Crippen LogP contribution in [0.1, 0.15) is 15.9 Å². The van der Waals surface area contributed by atoms with E-state index in [0.717, 1.165) is 0 Å². The van der Waals surface area contributed by atoms with Gasteiger partial charge in [0.25, 0.3) is 0 Å². The van der Waals surface area contributed by atoms with Gasteiger partial charge >= 0.3 is 5.97 Å². The van der Waals surface area contributed by atoms with Gasteiger partial charge < -0.3 is 10.5 Å². The Morgan fingerprint density at radius 3 is 2.86 bits per heavy atom. The number of hydrogen-bond donors (Lipinski definition) is 3. The number of benzene rings is 1. The van der Waals surface area contributed by atoms with Crippen molar-refractivity contribution in [2.45, 2.75) is 11.4 Å². The minimum atomic E-state index is -3.89. The molecule has 1 aromatic carbocycles. The lowest BCUT2D eigenvalue weighted by molar-refractivity contribution is 0.0596. The van der Waals surface area contributed by atoms with E-state index in [1.54, 1.807) is 6.20 Å². The monoisotopic (exact) mass is 310 g/mol. The first-order valence-electron chi connectivity index (χ1n) is 5.89. The number of rotatable bonds is 5. The molecule has 0 saturated heterocycles. The Morgan fingerprint density at radius 2 is 2.24 bits per heavy atom. The molecule has 0 aliphatic carbocycles. The molecule has 112 valence electrons. The molecule has 0 saturated carbocycles. The van der Waals surface area contributed by atoms with Crippen LogP contribution in [0.2, 0.25) is 0 Å².